The Hall–Kier alpha value is -1.36. The van der Waals surface area contributed by atoms with Crippen molar-refractivity contribution in [2.75, 3.05) is 7.11 Å². The molecule has 1 atom stereocenters. The zero-order valence-electron chi connectivity index (χ0n) is 8.07. The number of ether oxygens (including phenoxy) is 1. The van der Waals surface area contributed by atoms with Crippen molar-refractivity contribution < 1.29 is 14.3 Å². The Morgan fingerprint density at radius 1 is 1.33 bits per heavy atom. The summed E-state index contributed by atoms with van der Waals surface area (Å²) in [7, 11) is 1.54. The molecule has 0 saturated heterocycles. The molecule has 0 aromatic heterocycles. The fraction of sp³-hybridized carbons (Fsp3) is 0.200. The lowest BCUT2D eigenvalue weighted by molar-refractivity contribution is -0.116. The molecule has 0 aliphatic carbocycles. The van der Waals surface area contributed by atoms with E-state index in [1.54, 1.807) is 24.3 Å². The van der Waals surface area contributed by atoms with E-state index in [0.29, 0.717) is 11.3 Å². The number of rotatable bonds is 4. The van der Waals surface area contributed by atoms with Crippen molar-refractivity contribution in [3.8, 4) is 5.75 Å². The molecule has 0 saturated carbocycles. The highest BCUT2D eigenvalue weighted by Gasteiger charge is 2.21. The van der Waals surface area contributed by atoms with Gasteiger partial charge in [0.1, 0.15) is 5.75 Å². The first-order chi connectivity index (χ1) is 7.06. The normalized spacial score (nSPS) is 11.9. The molecule has 15 heavy (non-hydrogen) atoms. The minimum Gasteiger partial charge on any atom is -0.497 e. The molecule has 0 aliphatic rings. The molecule has 0 unspecified atom stereocenters. The minimum atomic E-state index is -0.981. The van der Waals surface area contributed by atoms with E-state index in [-0.39, 0.29) is 5.78 Å². The van der Waals surface area contributed by atoms with Gasteiger partial charge in [0.25, 0.3) is 0 Å². The highest BCUT2D eigenvalue weighted by Crippen LogP contribution is 2.15. The van der Waals surface area contributed by atoms with E-state index < -0.39 is 10.7 Å². The van der Waals surface area contributed by atoms with Gasteiger partial charge in [-0.05, 0) is 24.3 Å². The Balaban J connectivity index is 2.87. The molecule has 0 heterocycles. The first-order valence-corrected chi connectivity index (χ1v) is 5.09. The van der Waals surface area contributed by atoms with Gasteiger partial charge in [-0.25, -0.2) is 0 Å². The van der Waals surface area contributed by atoms with E-state index >= 15 is 0 Å². The summed E-state index contributed by atoms with van der Waals surface area (Å²) in [5, 5.41) is 0. The third-order valence-electron chi connectivity index (χ3n) is 1.85. The summed E-state index contributed by atoms with van der Waals surface area (Å²) >= 11 is 2.92. The average Bonchev–Trinajstić information content (AvgIpc) is 2.27. The van der Waals surface area contributed by atoms with Crippen molar-refractivity contribution in [2.45, 2.75) is 4.83 Å². The van der Waals surface area contributed by atoms with Crippen LogP contribution in [0.15, 0.2) is 24.3 Å². The lowest BCUT2D eigenvalue weighted by Gasteiger charge is -2.05. The maximum absolute atomic E-state index is 11.6. The zero-order chi connectivity index (χ0) is 11.4. The first-order valence-electron chi connectivity index (χ1n) is 4.18. The number of hydrogen-bond donors (Lipinski definition) is 1. The molecule has 2 N–H and O–H groups in total. The molecule has 0 radical (unpaired) electrons. The number of primary amides is 1. The third-order valence-corrected chi connectivity index (χ3v) is 2.72. The van der Waals surface area contributed by atoms with Crippen LogP contribution in [0.1, 0.15) is 10.4 Å². The number of Topliss-reactive ketones (excluding diaryl/α,β-unsaturated/α-hetero) is 1. The third kappa shape index (κ3) is 2.79. The second-order valence-corrected chi connectivity index (χ2v) is 3.77. The number of amides is 1. The van der Waals surface area contributed by atoms with Gasteiger partial charge in [0.2, 0.25) is 5.91 Å². The molecule has 80 valence electrons. The molecule has 5 heteroatoms. The number of carbonyl (C=O) groups excluding carboxylic acids is 2. The van der Waals surface area contributed by atoms with Gasteiger partial charge >= 0.3 is 0 Å². The Morgan fingerprint density at radius 3 is 2.27 bits per heavy atom. The van der Waals surface area contributed by atoms with Gasteiger partial charge in [0.15, 0.2) is 10.6 Å². The number of methoxy groups -OCH3 is 1. The maximum atomic E-state index is 11.6. The molecule has 4 nitrogen and oxygen atoms in total. The lowest BCUT2D eigenvalue weighted by Crippen LogP contribution is -2.30. The molecular weight excluding hydrogens is 262 g/mol. The maximum Gasteiger partial charge on any atom is 0.239 e. The van der Waals surface area contributed by atoms with Crippen molar-refractivity contribution in [1.29, 1.82) is 0 Å². The Bertz CT molecular complexity index is 375. The van der Waals surface area contributed by atoms with Crippen LogP contribution in [0.3, 0.4) is 0 Å². The largest absolute Gasteiger partial charge is 0.497 e. The van der Waals surface area contributed by atoms with Gasteiger partial charge in [-0.2, -0.15) is 0 Å². The lowest BCUT2D eigenvalue weighted by atomic mass is 10.1. The van der Waals surface area contributed by atoms with E-state index in [1.807, 2.05) is 0 Å². The zero-order valence-corrected chi connectivity index (χ0v) is 9.65. The average molecular weight is 272 g/mol. The van der Waals surface area contributed by atoms with Crippen molar-refractivity contribution in [3.63, 3.8) is 0 Å². The van der Waals surface area contributed by atoms with Crippen LogP contribution in [-0.4, -0.2) is 23.6 Å². The second-order valence-electron chi connectivity index (χ2n) is 2.86. The van der Waals surface area contributed by atoms with Gasteiger partial charge in [0, 0.05) is 5.56 Å². The van der Waals surface area contributed by atoms with Crippen LogP contribution < -0.4 is 10.5 Å². The monoisotopic (exact) mass is 271 g/mol. The highest BCUT2D eigenvalue weighted by atomic mass is 79.9. The quantitative estimate of drug-likeness (QED) is 0.507. The molecule has 1 rings (SSSR count). The predicted octanol–water partition coefficient (Wildman–Crippen LogP) is 1.13. The molecule has 0 spiro atoms. The Kier molecular flexibility index (Phi) is 3.85. The van der Waals surface area contributed by atoms with E-state index in [2.05, 4.69) is 15.9 Å². The smallest absolute Gasteiger partial charge is 0.239 e. The van der Waals surface area contributed by atoms with E-state index in [4.69, 9.17) is 10.5 Å². The molecule has 1 aromatic carbocycles. The highest BCUT2D eigenvalue weighted by molar-refractivity contribution is 9.10. The van der Waals surface area contributed by atoms with Crippen molar-refractivity contribution in [2.24, 2.45) is 5.73 Å². The Labute approximate surface area is 95.5 Å². The predicted molar refractivity (Wildman–Crippen MR) is 59.2 cm³/mol. The van der Waals surface area contributed by atoms with Crippen LogP contribution in [0.4, 0.5) is 0 Å². The van der Waals surface area contributed by atoms with Crippen LogP contribution in [0.5, 0.6) is 5.75 Å². The molecule has 0 fully saturated rings. The number of carbonyl (C=O) groups is 2. The van der Waals surface area contributed by atoms with Crippen molar-refractivity contribution in [1.82, 2.24) is 0 Å². The fourth-order valence-electron chi connectivity index (χ4n) is 1.03. The molecular formula is C10H10BrNO3. The summed E-state index contributed by atoms with van der Waals surface area (Å²) in [6, 6.07) is 6.46. The molecule has 0 aliphatic heterocycles. The van der Waals surface area contributed by atoms with Crippen molar-refractivity contribution >= 4 is 27.6 Å². The minimum absolute atomic E-state index is 0.356. The van der Waals surface area contributed by atoms with Crippen LogP contribution in [0.2, 0.25) is 0 Å². The fourth-order valence-corrected chi connectivity index (χ4v) is 1.30. The summed E-state index contributed by atoms with van der Waals surface area (Å²) in [5.74, 6) is -0.405. The van der Waals surface area contributed by atoms with Gasteiger partial charge in [-0.15, -0.1) is 0 Å². The summed E-state index contributed by atoms with van der Waals surface area (Å²) < 4.78 is 4.94. The van der Waals surface area contributed by atoms with Crippen molar-refractivity contribution in [3.05, 3.63) is 29.8 Å². The number of benzene rings is 1. The Morgan fingerprint density at radius 2 is 1.87 bits per heavy atom. The number of hydrogen-bond acceptors (Lipinski definition) is 3. The molecule has 0 bridgehead atoms. The number of halogens is 1. The van der Waals surface area contributed by atoms with E-state index in [1.165, 1.54) is 7.11 Å². The summed E-state index contributed by atoms with van der Waals surface area (Å²) in [4.78, 5) is 21.4. The molecule has 1 amide bonds. The van der Waals surface area contributed by atoms with Gasteiger partial charge in [0.05, 0.1) is 7.11 Å². The van der Waals surface area contributed by atoms with E-state index in [9.17, 15) is 9.59 Å². The standard InChI is InChI=1S/C10H10BrNO3/c1-15-7-4-2-6(3-5-7)9(13)8(11)10(12)14/h2-5,8H,1H3,(H2,12,14)/t8-/m0/s1. The number of nitrogens with two attached hydrogens (primary N) is 1. The summed E-state index contributed by atoms with van der Waals surface area (Å²) in [6.45, 7) is 0. The van der Waals surface area contributed by atoms with E-state index in [0.717, 1.165) is 0 Å². The number of alkyl halides is 1. The number of ketones is 1. The first kappa shape index (κ1) is 11.7. The van der Waals surface area contributed by atoms with Crippen LogP contribution >= 0.6 is 15.9 Å². The van der Waals surface area contributed by atoms with Crippen LogP contribution in [0.25, 0.3) is 0 Å². The summed E-state index contributed by atoms with van der Waals surface area (Å²) in [5.41, 5.74) is 5.41. The second kappa shape index (κ2) is 4.93. The van der Waals surface area contributed by atoms with Crippen LogP contribution in [-0.2, 0) is 4.79 Å². The summed E-state index contributed by atoms with van der Waals surface area (Å²) in [6.07, 6.45) is 0. The van der Waals surface area contributed by atoms with Gasteiger partial charge in [-0.1, -0.05) is 15.9 Å². The van der Waals surface area contributed by atoms with Gasteiger partial charge < -0.3 is 10.5 Å². The topological polar surface area (TPSA) is 69.4 Å². The van der Waals surface area contributed by atoms with Crippen LogP contribution in [0, 0.1) is 0 Å². The molecule has 1 aromatic rings. The van der Waals surface area contributed by atoms with Gasteiger partial charge in [-0.3, -0.25) is 9.59 Å². The SMILES string of the molecule is COc1ccc(C(=O)[C@H](Br)C(N)=O)cc1.